The van der Waals surface area contributed by atoms with E-state index in [1.165, 1.54) is 0 Å². The maximum Gasteiger partial charge on any atom is 0.307 e. The van der Waals surface area contributed by atoms with Crippen LogP contribution in [0.25, 0.3) is 0 Å². The Balaban J connectivity index is 3.47. The molecule has 0 heterocycles. The number of thiol groups is 1. The van der Waals surface area contributed by atoms with E-state index < -0.39 is 18.8 Å². The summed E-state index contributed by atoms with van der Waals surface area (Å²) in [6, 6.07) is 0. The van der Waals surface area contributed by atoms with Crippen molar-refractivity contribution in [3.8, 4) is 0 Å². The van der Waals surface area contributed by atoms with E-state index in [9.17, 15) is 17.6 Å². The molecule has 0 aliphatic rings. The quantitative estimate of drug-likeness (QED) is 0.383. The summed E-state index contributed by atoms with van der Waals surface area (Å²) < 4.78 is 47.5. The fourth-order valence-corrected chi connectivity index (χ4v) is 0.982. The zero-order valence-corrected chi connectivity index (χ0v) is 7.47. The predicted molar refractivity (Wildman–Crippen MR) is 43.3 cm³/mol. The largest absolute Gasteiger partial charge is 0.307 e. The first-order valence-electron chi connectivity index (χ1n) is 3.77. The van der Waals surface area contributed by atoms with E-state index in [1.54, 1.807) is 0 Å². The minimum Gasteiger partial charge on any atom is -0.204 e. The Morgan fingerprint density at radius 1 is 1.08 bits per heavy atom. The molecular formula is C7H12F4S. The van der Waals surface area contributed by atoms with Gasteiger partial charge in [0.1, 0.15) is 0 Å². The second-order valence-corrected chi connectivity index (χ2v) is 3.04. The van der Waals surface area contributed by atoms with Crippen LogP contribution in [0, 0.1) is 0 Å². The minimum atomic E-state index is -3.81. The molecule has 0 aromatic carbocycles. The zero-order valence-electron chi connectivity index (χ0n) is 6.57. The first kappa shape index (κ1) is 12.1. The van der Waals surface area contributed by atoms with E-state index in [1.807, 2.05) is 0 Å². The average molecular weight is 204 g/mol. The van der Waals surface area contributed by atoms with Gasteiger partial charge in [-0.15, -0.1) is 0 Å². The second kappa shape index (κ2) is 5.67. The molecule has 0 aromatic heterocycles. The number of unbranched alkanes of at least 4 members (excludes halogenated alkanes) is 2. The molecule has 0 spiro atoms. The van der Waals surface area contributed by atoms with Crippen molar-refractivity contribution in [1.82, 2.24) is 0 Å². The van der Waals surface area contributed by atoms with E-state index in [0.717, 1.165) is 0 Å². The molecule has 0 bridgehead atoms. The fourth-order valence-electron chi connectivity index (χ4n) is 0.758. The van der Waals surface area contributed by atoms with Crippen LogP contribution in [0.4, 0.5) is 17.6 Å². The van der Waals surface area contributed by atoms with Gasteiger partial charge in [0.25, 0.3) is 0 Å². The molecule has 0 unspecified atom stereocenters. The van der Waals surface area contributed by atoms with E-state index in [2.05, 4.69) is 12.6 Å². The molecular weight excluding hydrogens is 192 g/mol. The highest BCUT2D eigenvalue weighted by Crippen LogP contribution is 2.28. The molecule has 0 rings (SSSR count). The zero-order chi connectivity index (χ0) is 9.61. The monoisotopic (exact) mass is 204 g/mol. The van der Waals surface area contributed by atoms with Gasteiger partial charge in [-0.2, -0.15) is 12.6 Å². The molecule has 0 fully saturated rings. The lowest BCUT2D eigenvalue weighted by atomic mass is 10.1. The lowest BCUT2D eigenvalue weighted by molar-refractivity contribution is -0.133. The summed E-state index contributed by atoms with van der Waals surface area (Å²) in [7, 11) is 0. The number of rotatable bonds is 6. The lowest BCUT2D eigenvalue weighted by Crippen LogP contribution is -2.25. The molecule has 5 heteroatoms. The first-order valence-corrected chi connectivity index (χ1v) is 4.41. The minimum absolute atomic E-state index is 0.137. The summed E-state index contributed by atoms with van der Waals surface area (Å²) in [5, 5.41) is 0. The van der Waals surface area contributed by atoms with Crippen molar-refractivity contribution in [3.05, 3.63) is 0 Å². The molecule has 0 N–H and O–H groups in total. The van der Waals surface area contributed by atoms with Crippen LogP contribution in [0.3, 0.4) is 0 Å². The Bertz CT molecular complexity index is 116. The van der Waals surface area contributed by atoms with E-state index >= 15 is 0 Å². The Kier molecular flexibility index (Phi) is 5.70. The third-order valence-electron chi connectivity index (χ3n) is 1.49. The molecule has 0 nitrogen and oxygen atoms in total. The van der Waals surface area contributed by atoms with Crippen molar-refractivity contribution in [2.45, 2.75) is 38.0 Å². The van der Waals surface area contributed by atoms with Gasteiger partial charge in [-0.3, -0.25) is 0 Å². The highest BCUT2D eigenvalue weighted by atomic mass is 32.1. The average Bonchev–Trinajstić information content (AvgIpc) is 1.98. The Hall–Kier alpha value is 0.0700. The molecule has 0 saturated heterocycles. The van der Waals surface area contributed by atoms with Gasteiger partial charge < -0.3 is 0 Å². The van der Waals surface area contributed by atoms with Crippen molar-refractivity contribution < 1.29 is 17.6 Å². The summed E-state index contributed by atoms with van der Waals surface area (Å²) >= 11 is 3.87. The van der Waals surface area contributed by atoms with Gasteiger partial charge in [0.15, 0.2) is 0 Å². The van der Waals surface area contributed by atoms with Crippen LogP contribution in [0.5, 0.6) is 0 Å². The Morgan fingerprint density at radius 3 is 2.08 bits per heavy atom. The van der Waals surface area contributed by atoms with E-state index in [-0.39, 0.29) is 6.42 Å². The number of hydrogen-bond donors (Lipinski definition) is 1. The van der Waals surface area contributed by atoms with Crippen LogP contribution in [-0.4, -0.2) is 18.1 Å². The van der Waals surface area contributed by atoms with Crippen molar-refractivity contribution in [1.29, 1.82) is 0 Å². The summed E-state index contributed by atoms with van der Waals surface area (Å²) in [6.07, 6.45) is -2.89. The summed E-state index contributed by atoms with van der Waals surface area (Å²) in [5.41, 5.74) is 0. The van der Waals surface area contributed by atoms with Gasteiger partial charge in [-0.05, 0) is 18.6 Å². The molecule has 74 valence electrons. The maximum absolute atomic E-state index is 12.2. The summed E-state index contributed by atoms with van der Waals surface area (Å²) in [4.78, 5) is 0. The number of alkyl halides is 4. The van der Waals surface area contributed by atoms with Crippen molar-refractivity contribution in [3.63, 3.8) is 0 Å². The maximum atomic E-state index is 12.2. The molecule has 0 saturated carbocycles. The standard InChI is InChI=1S/C7H12F4S/c8-6(9)7(10,11)4-2-1-3-5-12/h6,12H,1-5H2. The Morgan fingerprint density at radius 2 is 1.67 bits per heavy atom. The number of hydrogen-bond acceptors (Lipinski definition) is 1. The predicted octanol–water partition coefficient (Wildman–Crippen LogP) is 3.38. The fraction of sp³-hybridized carbons (Fsp3) is 1.00. The van der Waals surface area contributed by atoms with E-state index in [0.29, 0.717) is 18.6 Å². The van der Waals surface area contributed by atoms with Gasteiger partial charge in [-0.1, -0.05) is 6.42 Å². The summed E-state index contributed by atoms with van der Waals surface area (Å²) in [6.45, 7) is 0. The third-order valence-corrected chi connectivity index (χ3v) is 1.80. The van der Waals surface area contributed by atoms with Gasteiger partial charge in [-0.25, -0.2) is 17.6 Å². The third kappa shape index (κ3) is 4.85. The van der Waals surface area contributed by atoms with Gasteiger partial charge >= 0.3 is 12.3 Å². The highest BCUT2D eigenvalue weighted by Gasteiger charge is 2.39. The van der Waals surface area contributed by atoms with Crippen LogP contribution in [0.1, 0.15) is 25.7 Å². The molecule has 12 heavy (non-hydrogen) atoms. The van der Waals surface area contributed by atoms with Crippen LogP contribution < -0.4 is 0 Å². The molecule has 0 amide bonds. The molecule has 0 radical (unpaired) electrons. The van der Waals surface area contributed by atoms with Crippen molar-refractivity contribution in [2.75, 3.05) is 5.75 Å². The number of halogens is 4. The van der Waals surface area contributed by atoms with Crippen LogP contribution in [0.2, 0.25) is 0 Å². The smallest absolute Gasteiger partial charge is 0.204 e. The lowest BCUT2D eigenvalue weighted by Gasteiger charge is -2.14. The molecule has 0 aliphatic carbocycles. The molecule has 0 aromatic rings. The van der Waals surface area contributed by atoms with Crippen LogP contribution in [0.15, 0.2) is 0 Å². The highest BCUT2D eigenvalue weighted by molar-refractivity contribution is 7.80. The van der Waals surface area contributed by atoms with Gasteiger partial charge in [0.05, 0.1) is 0 Å². The van der Waals surface area contributed by atoms with Crippen LogP contribution in [-0.2, 0) is 0 Å². The summed E-state index contributed by atoms with van der Waals surface area (Å²) in [5.74, 6) is -3.20. The molecule has 0 atom stereocenters. The topological polar surface area (TPSA) is 0 Å². The van der Waals surface area contributed by atoms with Crippen LogP contribution >= 0.6 is 12.6 Å². The SMILES string of the molecule is FC(F)C(F)(F)CCCCCS. The normalized spacial score (nSPS) is 12.5. The Labute approximate surface area is 74.7 Å². The molecule has 0 aliphatic heterocycles. The van der Waals surface area contributed by atoms with Gasteiger partial charge in [0.2, 0.25) is 0 Å². The van der Waals surface area contributed by atoms with Gasteiger partial charge in [0, 0.05) is 6.42 Å². The first-order chi connectivity index (χ1) is 5.50. The van der Waals surface area contributed by atoms with Crippen molar-refractivity contribution in [2.24, 2.45) is 0 Å². The van der Waals surface area contributed by atoms with E-state index in [4.69, 9.17) is 0 Å². The second-order valence-electron chi connectivity index (χ2n) is 2.60. The van der Waals surface area contributed by atoms with Crippen molar-refractivity contribution >= 4 is 12.6 Å².